The third kappa shape index (κ3) is 2.14. The van der Waals surface area contributed by atoms with Crippen LogP contribution in [0.1, 0.15) is 5.82 Å². The van der Waals surface area contributed by atoms with Gasteiger partial charge in [-0.15, -0.1) is 11.6 Å². The van der Waals surface area contributed by atoms with E-state index in [0.29, 0.717) is 16.7 Å². The van der Waals surface area contributed by atoms with E-state index in [9.17, 15) is 9.59 Å². The molecule has 1 aromatic heterocycles. The molecule has 5 nitrogen and oxygen atoms in total. The number of fused-ring (bicyclic) bond motifs is 1. The maximum absolute atomic E-state index is 12.1. The molecule has 6 heteroatoms. The molecule has 0 atom stereocenters. The molecule has 17 heavy (non-hydrogen) atoms. The number of aromatic nitrogens is 2. The standard InChI is InChI=1S/C11H10ClN3O2/c1-7-13-9-5-3-2-4-8(9)11(17)15(7)14-10(16)6-12/h2-5H,6H2,1H3,(H,14,16). The first-order chi connectivity index (χ1) is 8.13. The Balaban J connectivity index is 2.64. The van der Waals surface area contributed by atoms with Crippen LogP contribution in [-0.4, -0.2) is 21.4 Å². The molecule has 0 aliphatic heterocycles. The minimum absolute atomic E-state index is 0.210. The van der Waals surface area contributed by atoms with Crippen molar-refractivity contribution in [1.29, 1.82) is 0 Å². The summed E-state index contributed by atoms with van der Waals surface area (Å²) in [6.45, 7) is 1.64. The number of amides is 1. The van der Waals surface area contributed by atoms with Gasteiger partial charge in [0.15, 0.2) is 0 Å². The monoisotopic (exact) mass is 251 g/mol. The Labute approximate surface area is 102 Å². The zero-order chi connectivity index (χ0) is 12.4. The van der Waals surface area contributed by atoms with Crippen molar-refractivity contribution in [1.82, 2.24) is 9.66 Å². The van der Waals surface area contributed by atoms with Gasteiger partial charge in [0.1, 0.15) is 11.7 Å². The lowest BCUT2D eigenvalue weighted by molar-refractivity contribution is -0.114. The minimum Gasteiger partial charge on any atom is -0.272 e. The van der Waals surface area contributed by atoms with E-state index in [0.717, 1.165) is 4.68 Å². The number of hydrogen-bond donors (Lipinski definition) is 1. The van der Waals surface area contributed by atoms with Gasteiger partial charge in [-0.2, -0.15) is 0 Å². The number of para-hydroxylation sites is 1. The topological polar surface area (TPSA) is 64.0 Å². The summed E-state index contributed by atoms with van der Waals surface area (Å²) in [6.07, 6.45) is 0. The van der Waals surface area contributed by atoms with Crippen LogP contribution in [0.25, 0.3) is 10.9 Å². The van der Waals surface area contributed by atoms with Gasteiger partial charge in [-0.1, -0.05) is 12.1 Å². The van der Waals surface area contributed by atoms with Crippen molar-refractivity contribution in [3.63, 3.8) is 0 Å². The average molecular weight is 252 g/mol. The molecule has 0 aliphatic rings. The highest BCUT2D eigenvalue weighted by Gasteiger charge is 2.09. The molecular formula is C11H10ClN3O2. The molecule has 1 amide bonds. The van der Waals surface area contributed by atoms with Gasteiger partial charge in [-0.25, -0.2) is 9.66 Å². The molecular weight excluding hydrogens is 242 g/mol. The molecule has 0 bridgehead atoms. The first-order valence-corrected chi connectivity index (χ1v) is 5.51. The van der Waals surface area contributed by atoms with Crippen molar-refractivity contribution in [2.24, 2.45) is 0 Å². The Morgan fingerprint density at radius 3 is 2.88 bits per heavy atom. The van der Waals surface area contributed by atoms with Gasteiger partial charge in [0.2, 0.25) is 0 Å². The van der Waals surface area contributed by atoms with Gasteiger partial charge >= 0.3 is 0 Å². The van der Waals surface area contributed by atoms with Crippen LogP contribution in [0.2, 0.25) is 0 Å². The first kappa shape index (κ1) is 11.6. The molecule has 1 N–H and O–H groups in total. The van der Waals surface area contributed by atoms with Crippen molar-refractivity contribution in [2.45, 2.75) is 6.92 Å². The lowest BCUT2D eigenvalue weighted by Crippen LogP contribution is -2.36. The number of nitrogens with zero attached hydrogens (tertiary/aromatic N) is 2. The normalized spacial score (nSPS) is 10.5. The van der Waals surface area contributed by atoms with Gasteiger partial charge < -0.3 is 0 Å². The van der Waals surface area contributed by atoms with Crippen LogP contribution >= 0.6 is 11.6 Å². The fourth-order valence-corrected chi connectivity index (χ4v) is 1.59. The van der Waals surface area contributed by atoms with E-state index >= 15 is 0 Å². The van der Waals surface area contributed by atoms with Crippen LogP contribution < -0.4 is 11.0 Å². The summed E-state index contributed by atoms with van der Waals surface area (Å²) in [5.74, 6) is -0.250. The maximum Gasteiger partial charge on any atom is 0.280 e. The van der Waals surface area contributed by atoms with Crippen LogP contribution in [0.5, 0.6) is 0 Å². The number of nitrogens with one attached hydrogen (secondary N) is 1. The summed E-state index contributed by atoms with van der Waals surface area (Å²) in [5, 5.41) is 0.452. The lowest BCUT2D eigenvalue weighted by Gasteiger charge is -2.10. The minimum atomic E-state index is -0.450. The predicted octanol–water partition coefficient (Wildman–Crippen LogP) is 1.01. The number of hydrogen-bond acceptors (Lipinski definition) is 3. The van der Waals surface area contributed by atoms with Crippen molar-refractivity contribution in [3.8, 4) is 0 Å². The van der Waals surface area contributed by atoms with Gasteiger partial charge in [0.05, 0.1) is 10.9 Å². The van der Waals surface area contributed by atoms with E-state index in [2.05, 4.69) is 10.4 Å². The summed E-state index contributed by atoms with van der Waals surface area (Å²) >= 11 is 5.38. The Morgan fingerprint density at radius 2 is 2.18 bits per heavy atom. The molecule has 0 saturated heterocycles. The van der Waals surface area contributed by atoms with E-state index in [1.807, 2.05) is 0 Å². The zero-order valence-electron chi connectivity index (χ0n) is 9.11. The van der Waals surface area contributed by atoms with E-state index in [1.54, 1.807) is 31.2 Å². The summed E-state index contributed by atoms with van der Waals surface area (Å²) in [5.41, 5.74) is 2.68. The highest BCUT2D eigenvalue weighted by atomic mass is 35.5. The maximum atomic E-state index is 12.1. The van der Waals surface area contributed by atoms with Gasteiger partial charge in [-0.05, 0) is 19.1 Å². The van der Waals surface area contributed by atoms with Crippen molar-refractivity contribution in [3.05, 3.63) is 40.4 Å². The molecule has 1 aromatic carbocycles. The molecule has 2 aromatic rings. The largest absolute Gasteiger partial charge is 0.280 e. The SMILES string of the molecule is Cc1nc2ccccc2c(=O)n1NC(=O)CCl. The molecule has 2 rings (SSSR count). The number of rotatable bonds is 2. The molecule has 0 fully saturated rings. The summed E-state index contributed by atoms with van der Waals surface area (Å²) in [7, 11) is 0. The Kier molecular flexibility index (Phi) is 3.10. The molecule has 88 valence electrons. The van der Waals surface area contributed by atoms with Crippen LogP contribution in [-0.2, 0) is 4.79 Å². The Hall–Kier alpha value is -1.88. The Morgan fingerprint density at radius 1 is 1.47 bits per heavy atom. The van der Waals surface area contributed by atoms with Gasteiger partial charge in [0, 0.05) is 0 Å². The quantitative estimate of drug-likeness (QED) is 0.811. The fourth-order valence-electron chi connectivity index (χ4n) is 1.53. The first-order valence-electron chi connectivity index (χ1n) is 4.97. The predicted molar refractivity (Wildman–Crippen MR) is 65.8 cm³/mol. The van der Waals surface area contributed by atoms with Crippen molar-refractivity contribution in [2.75, 3.05) is 11.3 Å². The lowest BCUT2D eigenvalue weighted by atomic mass is 10.2. The van der Waals surface area contributed by atoms with Crippen molar-refractivity contribution < 1.29 is 4.79 Å². The van der Waals surface area contributed by atoms with E-state index in [1.165, 1.54) is 0 Å². The number of halogens is 1. The highest BCUT2D eigenvalue weighted by Crippen LogP contribution is 2.06. The molecule has 1 heterocycles. The molecule has 0 aliphatic carbocycles. The highest BCUT2D eigenvalue weighted by molar-refractivity contribution is 6.28. The molecule has 0 radical (unpaired) electrons. The van der Waals surface area contributed by atoms with Crippen LogP contribution in [0.4, 0.5) is 0 Å². The second kappa shape index (κ2) is 4.55. The Bertz CT molecular complexity index is 636. The third-order valence-corrected chi connectivity index (χ3v) is 2.54. The zero-order valence-corrected chi connectivity index (χ0v) is 9.86. The van der Waals surface area contributed by atoms with E-state index in [4.69, 9.17) is 11.6 Å². The number of carbonyl (C=O) groups is 1. The number of alkyl halides is 1. The third-order valence-electron chi connectivity index (χ3n) is 2.30. The molecule has 0 saturated carbocycles. The smallest absolute Gasteiger partial charge is 0.272 e. The summed E-state index contributed by atoms with van der Waals surface area (Å²) in [4.78, 5) is 27.5. The number of benzene rings is 1. The summed E-state index contributed by atoms with van der Waals surface area (Å²) in [6, 6.07) is 6.95. The summed E-state index contributed by atoms with van der Waals surface area (Å²) < 4.78 is 1.10. The average Bonchev–Trinajstić information content (AvgIpc) is 2.34. The van der Waals surface area contributed by atoms with Crippen molar-refractivity contribution >= 4 is 28.4 Å². The van der Waals surface area contributed by atoms with Crippen LogP contribution in [0, 0.1) is 6.92 Å². The number of carbonyl (C=O) groups excluding carboxylic acids is 1. The fraction of sp³-hybridized carbons (Fsp3) is 0.182. The van der Waals surface area contributed by atoms with E-state index in [-0.39, 0.29) is 11.4 Å². The van der Waals surface area contributed by atoms with E-state index < -0.39 is 5.91 Å². The number of aryl methyl sites for hydroxylation is 1. The molecule has 0 spiro atoms. The van der Waals surface area contributed by atoms with Crippen LogP contribution in [0.15, 0.2) is 29.1 Å². The van der Waals surface area contributed by atoms with Gasteiger partial charge in [-0.3, -0.25) is 15.0 Å². The van der Waals surface area contributed by atoms with Gasteiger partial charge in [0.25, 0.3) is 11.5 Å². The van der Waals surface area contributed by atoms with Crippen LogP contribution in [0.3, 0.4) is 0 Å². The molecule has 0 unspecified atom stereocenters. The second-order valence-electron chi connectivity index (χ2n) is 3.49. The second-order valence-corrected chi connectivity index (χ2v) is 3.75.